The van der Waals surface area contributed by atoms with Crippen LogP contribution < -0.4 is 0 Å². The Balaban J connectivity index is 2.25. The van der Waals surface area contributed by atoms with Crippen LogP contribution in [0.5, 0.6) is 0 Å². The van der Waals surface area contributed by atoms with Crippen molar-refractivity contribution in [3.63, 3.8) is 0 Å². The molecular weight excluding hydrogens is 279 g/mol. The van der Waals surface area contributed by atoms with Crippen LogP contribution >= 0.6 is 0 Å². The summed E-state index contributed by atoms with van der Waals surface area (Å²) in [5.74, 6) is -0.559. The van der Waals surface area contributed by atoms with Crippen LogP contribution in [0.2, 0.25) is 0 Å². The van der Waals surface area contributed by atoms with Gasteiger partial charge < -0.3 is 5.11 Å². The Morgan fingerprint density at radius 3 is 2.65 bits per heavy atom. The molecule has 1 aromatic carbocycles. The number of halogens is 1. The maximum atomic E-state index is 13.3. The minimum atomic E-state index is -3.09. The fourth-order valence-corrected chi connectivity index (χ4v) is 4.26. The zero-order valence-electron chi connectivity index (χ0n) is 11.8. The first-order chi connectivity index (χ1) is 9.21. The molecule has 0 heterocycles. The van der Waals surface area contributed by atoms with Gasteiger partial charge in [0.2, 0.25) is 0 Å². The first-order valence-corrected chi connectivity index (χ1v) is 8.84. The van der Waals surface area contributed by atoms with E-state index < -0.39 is 26.5 Å². The van der Waals surface area contributed by atoms with E-state index in [1.807, 2.05) is 0 Å². The molecule has 0 aromatic heterocycles. The zero-order chi connectivity index (χ0) is 15.0. The van der Waals surface area contributed by atoms with Gasteiger partial charge in [0.25, 0.3) is 0 Å². The lowest BCUT2D eigenvalue weighted by molar-refractivity contribution is -0.0210. The zero-order valence-corrected chi connectivity index (χ0v) is 12.7. The first-order valence-electron chi connectivity index (χ1n) is 6.88. The second-order valence-corrected chi connectivity index (χ2v) is 8.30. The van der Waals surface area contributed by atoms with Gasteiger partial charge in [-0.3, -0.25) is 0 Å². The van der Waals surface area contributed by atoms with Gasteiger partial charge in [0.1, 0.15) is 15.7 Å². The van der Waals surface area contributed by atoms with Crippen molar-refractivity contribution in [3.05, 3.63) is 35.6 Å². The van der Waals surface area contributed by atoms with Crippen molar-refractivity contribution in [2.45, 2.75) is 43.5 Å². The minimum Gasteiger partial charge on any atom is -0.385 e. The number of rotatable bonds is 3. The van der Waals surface area contributed by atoms with E-state index in [-0.39, 0.29) is 5.92 Å². The summed E-state index contributed by atoms with van der Waals surface area (Å²) in [5, 5.41) is 10.4. The van der Waals surface area contributed by atoms with Gasteiger partial charge in [0.05, 0.1) is 10.9 Å². The summed E-state index contributed by atoms with van der Waals surface area (Å²) in [4.78, 5) is 0. The molecule has 20 heavy (non-hydrogen) atoms. The van der Waals surface area contributed by atoms with E-state index in [2.05, 4.69) is 0 Å². The molecule has 1 aliphatic rings. The van der Waals surface area contributed by atoms with Crippen LogP contribution in [-0.2, 0) is 15.4 Å². The van der Waals surface area contributed by atoms with Crippen LogP contribution in [0.3, 0.4) is 0 Å². The molecule has 0 aliphatic heterocycles. The van der Waals surface area contributed by atoms with Gasteiger partial charge in [0.15, 0.2) is 0 Å². The molecule has 3 atom stereocenters. The van der Waals surface area contributed by atoms with Crippen molar-refractivity contribution in [2.75, 3.05) is 6.26 Å². The van der Waals surface area contributed by atoms with Gasteiger partial charge in [-0.1, -0.05) is 18.6 Å². The number of benzene rings is 1. The molecule has 0 radical (unpaired) electrons. The monoisotopic (exact) mass is 300 g/mol. The van der Waals surface area contributed by atoms with Crippen LogP contribution in [-0.4, -0.2) is 25.0 Å². The SMILES string of the molecule is CC(O)(c1cccc(F)c1)C1CCCC(S(C)(=O)=O)C1. The Bertz CT molecular complexity index is 581. The fourth-order valence-electron chi connectivity index (χ4n) is 3.08. The average molecular weight is 300 g/mol. The maximum absolute atomic E-state index is 13.3. The molecule has 3 nitrogen and oxygen atoms in total. The third-order valence-electron chi connectivity index (χ3n) is 4.44. The molecule has 1 aliphatic carbocycles. The van der Waals surface area contributed by atoms with E-state index in [4.69, 9.17) is 0 Å². The van der Waals surface area contributed by atoms with Gasteiger partial charge in [-0.2, -0.15) is 0 Å². The number of aliphatic hydroxyl groups is 1. The molecule has 1 saturated carbocycles. The summed E-state index contributed by atoms with van der Waals surface area (Å²) >= 11 is 0. The third-order valence-corrected chi connectivity index (χ3v) is 6.07. The predicted molar refractivity (Wildman–Crippen MR) is 76.6 cm³/mol. The number of hydrogen-bond donors (Lipinski definition) is 1. The molecular formula is C15H21FO3S. The molecule has 1 N–H and O–H groups in total. The van der Waals surface area contributed by atoms with E-state index >= 15 is 0 Å². The van der Waals surface area contributed by atoms with Gasteiger partial charge >= 0.3 is 0 Å². The highest BCUT2D eigenvalue weighted by molar-refractivity contribution is 7.91. The predicted octanol–water partition coefficient (Wildman–Crippen LogP) is 2.64. The second kappa shape index (κ2) is 5.45. The first kappa shape index (κ1) is 15.4. The molecule has 112 valence electrons. The Morgan fingerprint density at radius 1 is 1.35 bits per heavy atom. The summed E-state index contributed by atoms with van der Waals surface area (Å²) in [7, 11) is -3.09. The highest BCUT2D eigenvalue weighted by Gasteiger charge is 2.39. The van der Waals surface area contributed by atoms with Crippen LogP contribution in [0.4, 0.5) is 4.39 Å². The highest BCUT2D eigenvalue weighted by atomic mass is 32.2. The average Bonchev–Trinajstić information content (AvgIpc) is 2.38. The standard InChI is InChI=1S/C15H21FO3S/c1-15(17,11-5-3-7-13(16)9-11)12-6-4-8-14(10-12)20(2,18)19/h3,5,7,9,12,14,17H,4,6,8,10H2,1-2H3. The molecule has 1 fully saturated rings. The number of hydrogen-bond acceptors (Lipinski definition) is 3. The third kappa shape index (κ3) is 3.20. The summed E-state index contributed by atoms with van der Waals surface area (Å²) in [6.45, 7) is 1.65. The van der Waals surface area contributed by atoms with Crippen LogP contribution in [0, 0.1) is 11.7 Å². The Labute approximate surface area is 119 Å². The van der Waals surface area contributed by atoms with Crippen LogP contribution in [0.25, 0.3) is 0 Å². The molecule has 0 saturated heterocycles. The summed E-state index contributed by atoms with van der Waals surface area (Å²) in [5.41, 5.74) is -0.692. The Morgan fingerprint density at radius 2 is 2.05 bits per heavy atom. The minimum absolute atomic E-state index is 0.169. The van der Waals surface area contributed by atoms with E-state index in [9.17, 15) is 17.9 Å². The molecule has 0 bridgehead atoms. The van der Waals surface area contributed by atoms with E-state index in [1.54, 1.807) is 19.1 Å². The van der Waals surface area contributed by atoms with Gasteiger partial charge in [0, 0.05) is 6.26 Å². The van der Waals surface area contributed by atoms with Crippen LogP contribution in [0.1, 0.15) is 38.2 Å². The normalized spacial score (nSPS) is 27.0. The smallest absolute Gasteiger partial charge is 0.150 e. The maximum Gasteiger partial charge on any atom is 0.150 e. The highest BCUT2D eigenvalue weighted by Crippen LogP contribution is 2.40. The van der Waals surface area contributed by atoms with Gasteiger partial charge in [-0.25, -0.2) is 12.8 Å². The summed E-state index contributed by atoms with van der Waals surface area (Å²) in [6.07, 6.45) is 3.86. The van der Waals surface area contributed by atoms with Gasteiger partial charge in [-0.05, 0) is 49.8 Å². The van der Waals surface area contributed by atoms with E-state index in [0.717, 1.165) is 12.8 Å². The Hall–Kier alpha value is -0.940. The summed E-state index contributed by atoms with van der Waals surface area (Å²) < 4.78 is 36.7. The van der Waals surface area contributed by atoms with E-state index in [1.165, 1.54) is 18.4 Å². The summed E-state index contributed by atoms with van der Waals surface area (Å²) in [6, 6.07) is 5.91. The second-order valence-electron chi connectivity index (χ2n) is 5.97. The lowest BCUT2D eigenvalue weighted by atomic mass is 9.74. The van der Waals surface area contributed by atoms with Crippen molar-refractivity contribution in [3.8, 4) is 0 Å². The van der Waals surface area contributed by atoms with Crippen molar-refractivity contribution in [2.24, 2.45) is 5.92 Å². The quantitative estimate of drug-likeness (QED) is 0.933. The van der Waals surface area contributed by atoms with E-state index in [0.29, 0.717) is 18.4 Å². The fraction of sp³-hybridized carbons (Fsp3) is 0.600. The molecule has 0 amide bonds. The van der Waals surface area contributed by atoms with Crippen molar-refractivity contribution in [1.82, 2.24) is 0 Å². The Kier molecular flexibility index (Phi) is 4.21. The molecule has 3 unspecified atom stereocenters. The number of sulfone groups is 1. The molecule has 2 rings (SSSR count). The molecule has 1 aromatic rings. The lowest BCUT2D eigenvalue weighted by Crippen LogP contribution is -2.39. The van der Waals surface area contributed by atoms with Crippen molar-refractivity contribution < 1.29 is 17.9 Å². The van der Waals surface area contributed by atoms with Crippen molar-refractivity contribution in [1.29, 1.82) is 0 Å². The lowest BCUT2D eigenvalue weighted by Gasteiger charge is -2.38. The molecule has 5 heteroatoms. The topological polar surface area (TPSA) is 54.4 Å². The largest absolute Gasteiger partial charge is 0.385 e. The van der Waals surface area contributed by atoms with Gasteiger partial charge in [-0.15, -0.1) is 0 Å². The van der Waals surface area contributed by atoms with Crippen molar-refractivity contribution >= 4 is 9.84 Å². The molecule has 0 spiro atoms. The van der Waals surface area contributed by atoms with Crippen LogP contribution in [0.15, 0.2) is 24.3 Å².